The van der Waals surface area contributed by atoms with Crippen LogP contribution in [0.15, 0.2) is 152 Å². The van der Waals surface area contributed by atoms with Crippen molar-refractivity contribution < 1.29 is 30.2 Å². The standard InChI is InChI=1S/C68H66FN4O.Pt/c1-67(2,3)49-37-38-70-64(41-49)73-60-28-14-13-23-57(60)58-36-35-52(43-63(58)73)74-53-40-48(65-54(45-19-9-7-10-20-45)24-17-25-55(65)46-21-11-8-12-22-46)39-51(42-53)71-44-72(62-30-16-15-29-61(62)71)66-56(47-31-33-50(69)34-32-47)26-18-27-59(66)68(4,5)6;/h13-18,23-41,44-46H,7-12,19-22H2,1-6H3;/q-3;. The largest absolute Gasteiger partial charge is 0.509 e. The Balaban J connectivity index is 0.00000602. The fourth-order valence-corrected chi connectivity index (χ4v) is 12.3. The zero-order valence-corrected chi connectivity index (χ0v) is 46.4. The van der Waals surface area contributed by atoms with Gasteiger partial charge >= 0.3 is 0 Å². The maximum absolute atomic E-state index is 14.5. The number of rotatable bonds is 9. The van der Waals surface area contributed by atoms with Crippen molar-refractivity contribution >= 4 is 44.6 Å². The van der Waals surface area contributed by atoms with Crippen molar-refractivity contribution in [2.75, 3.05) is 9.80 Å². The monoisotopic (exact) mass is 1170 g/mol. The first-order valence-corrected chi connectivity index (χ1v) is 27.1. The van der Waals surface area contributed by atoms with E-state index < -0.39 is 0 Å². The molecule has 384 valence electrons. The van der Waals surface area contributed by atoms with Gasteiger partial charge < -0.3 is 19.1 Å². The molecule has 0 radical (unpaired) electrons. The van der Waals surface area contributed by atoms with Crippen molar-refractivity contribution in [2.45, 2.75) is 128 Å². The molecule has 2 aliphatic carbocycles. The van der Waals surface area contributed by atoms with E-state index in [2.05, 4.69) is 196 Å². The van der Waals surface area contributed by atoms with Gasteiger partial charge in [0.2, 0.25) is 0 Å². The number of hydrogen-bond donors (Lipinski definition) is 0. The molecule has 0 atom stereocenters. The summed E-state index contributed by atoms with van der Waals surface area (Å²) in [7, 11) is 0. The van der Waals surface area contributed by atoms with Crippen LogP contribution in [0.5, 0.6) is 11.5 Å². The molecule has 5 nitrogen and oxygen atoms in total. The molecule has 0 N–H and O–H groups in total. The van der Waals surface area contributed by atoms with E-state index in [1.165, 1.54) is 92.0 Å². The van der Waals surface area contributed by atoms with Gasteiger partial charge in [0.25, 0.3) is 0 Å². The molecule has 3 heterocycles. The van der Waals surface area contributed by atoms with E-state index in [1.54, 1.807) is 12.1 Å². The van der Waals surface area contributed by atoms with E-state index in [-0.39, 0.29) is 37.7 Å². The molecule has 2 saturated carbocycles. The number of anilines is 4. The normalized spacial score (nSPS) is 15.6. The molecule has 12 rings (SSSR count). The Labute approximate surface area is 458 Å². The average Bonchev–Trinajstić information content (AvgIpc) is 3.97. The fourth-order valence-electron chi connectivity index (χ4n) is 12.3. The molecular weight excluding hydrogens is 1100 g/mol. The number of halogens is 1. The minimum Gasteiger partial charge on any atom is -0.509 e. The molecule has 0 bridgehead atoms. The molecule has 2 aromatic heterocycles. The second-order valence-corrected chi connectivity index (χ2v) is 23.1. The zero-order valence-electron chi connectivity index (χ0n) is 44.1. The van der Waals surface area contributed by atoms with Gasteiger partial charge in [-0.3, -0.25) is 0 Å². The second-order valence-electron chi connectivity index (χ2n) is 23.1. The fraction of sp³-hybridized carbons (Fsp3) is 0.294. The summed E-state index contributed by atoms with van der Waals surface area (Å²) in [5.74, 6) is 2.83. The van der Waals surface area contributed by atoms with E-state index in [4.69, 9.17) is 9.72 Å². The van der Waals surface area contributed by atoms with Gasteiger partial charge in [0.05, 0.1) is 0 Å². The summed E-state index contributed by atoms with van der Waals surface area (Å²) in [4.78, 5) is 9.59. The van der Waals surface area contributed by atoms with Crippen molar-refractivity contribution in [1.82, 2.24) is 9.55 Å². The molecule has 0 unspecified atom stereocenters. The topological polar surface area (TPSA) is 33.5 Å². The van der Waals surface area contributed by atoms with Crippen molar-refractivity contribution in [2.24, 2.45) is 0 Å². The zero-order chi connectivity index (χ0) is 50.7. The summed E-state index contributed by atoms with van der Waals surface area (Å²) < 4.78 is 23.9. The van der Waals surface area contributed by atoms with Crippen LogP contribution in [0.25, 0.3) is 49.9 Å². The molecule has 7 aromatic carbocycles. The van der Waals surface area contributed by atoms with Gasteiger partial charge in [-0.05, 0) is 130 Å². The van der Waals surface area contributed by atoms with Gasteiger partial charge in [-0.15, -0.1) is 53.6 Å². The molecule has 9 aromatic rings. The Bertz CT molecular complexity index is 3500. The second kappa shape index (κ2) is 20.6. The Morgan fingerprint density at radius 3 is 1.92 bits per heavy atom. The molecular formula is C68H66FN4OPt-3. The number of ether oxygens (including phenoxy) is 1. The van der Waals surface area contributed by atoms with Crippen LogP contribution in [0, 0.1) is 24.6 Å². The van der Waals surface area contributed by atoms with Gasteiger partial charge in [-0.2, -0.15) is 6.07 Å². The van der Waals surface area contributed by atoms with E-state index in [9.17, 15) is 4.39 Å². The number of benzene rings is 7. The molecule has 7 heteroatoms. The minimum absolute atomic E-state index is 0. The first-order valence-electron chi connectivity index (χ1n) is 27.1. The van der Waals surface area contributed by atoms with Crippen LogP contribution in [0.2, 0.25) is 0 Å². The van der Waals surface area contributed by atoms with E-state index >= 15 is 0 Å². The number of para-hydroxylation sites is 4. The SMILES string of the molecule is CC(C)(C)c1ccnc(-n2c3[c-]c(Oc4[c-]c(N5[CH-]N(c6c(-c7ccc(F)cc7)cccc6C(C)(C)C)c6ccccc65)cc(-c5c(C6CCCCC6)cccc5C5CCCCC5)c4)ccc3c3ccccc32)c1.[Pt]. The molecule has 1 aliphatic heterocycles. The van der Waals surface area contributed by atoms with Crippen LogP contribution in [0.3, 0.4) is 0 Å². The summed E-state index contributed by atoms with van der Waals surface area (Å²) in [5.41, 5.74) is 15.6. The summed E-state index contributed by atoms with van der Waals surface area (Å²) in [6.45, 7) is 15.8. The molecule has 3 aliphatic rings. The van der Waals surface area contributed by atoms with Crippen LogP contribution in [0.1, 0.15) is 140 Å². The number of aromatic nitrogens is 2. The van der Waals surface area contributed by atoms with Gasteiger partial charge in [0.1, 0.15) is 11.6 Å². The molecule has 2 fully saturated rings. The van der Waals surface area contributed by atoms with Crippen LogP contribution in [-0.4, -0.2) is 9.55 Å². The van der Waals surface area contributed by atoms with Crippen LogP contribution >= 0.6 is 0 Å². The number of fused-ring (bicyclic) bond motifs is 4. The summed E-state index contributed by atoms with van der Waals surface area (Å²) >= 11 is 0. The number of hydrogen-bond acceptors (Lipinski definition) is 4. The first-order chi connectivity index (χ1) is 35.9. The van der Waals surface area contributed by atoms with Crippen molar-refractivity contribution in [3.8, 4) is 39.6 Å². The molecule has 75 heavy (non-hydrogen) atoms. The smallest absolute Gasteiger partial charge is 0.135 e. The third-order valence-electron chi connectivity index (χ3n) is 16.1. The minimum atomic E-state index is -0.250. The third kappa shape index (κ3) is 9.73. The van der Waals surface area contributed by atoms with Crippen molar-refractivity contribution in [3.63, 3.8) is 0 Å². The summed E-state index contributed by atoms with van der Waals surface area (Å²) in [5, 5.41) is 2.23. The predicted molar refractivity (Wildman–Crippen MR) is 304 cm³/mol. The number of pyridine rings is 1. The number of nitrogens with zero attached hydrogens (tertiary/aromatic N) is 4. The molecule has 0 spiro atoms. The molecule has 0 amide bonds. The van der Waals surface area contributed by atoms with Crippen LogP contribution in [-0.2, 0) is 31.9 Å². The summed E-state index contributed by atoms with van der Waals surface area (Å²) in [6, 6.07) is 58.6. The molecule has 0 saturated heterocycles. The van der Waals surface area contributed by atoms with Crippen molar-refractivity contribution in [3.05, 3.63) is 199 Å². The maximum Gasteiger partial charge on any atom is 0.135 e. The third-order valence-corrected chi connectivity index (χ3v) is 16.1. The van der Waals surface area contributed by atoms with E-state index in [0.717, 1.165) is 67.1 Å². The quantitative estimate of drug-likeness (QED) is 0.135. The van der Waals surface area contributed by atoms with Crippen LogP contribution < -0.4 is 14.5 Å². The van der Waals surface area contributed by atoms with E-state index in [1.807, 2.05) is 18.3 Å². The van der Waals surface area contributed by atoms with E-state index in [0.29, 0.717) is 23.3 Å². The Morgan fingerprint density at radius 2 is 1.24 bits per heavy atom. The average molecular weight is 1170 g/mol. The van der Waals surface area contributed by atoms with Crippen LogP contribution in [0.4, 0.5) is 27.1 Å². The van der Waals surface area contributed by atoms with Gasteiger partial charge in [-0.25, -0.2) is 9.37 Å². The Hall–Kier alpha value is -6.49. The van der Waals surface area contributed by atoms with Gasteiger partial charge in [-0.1, -0.05) is 164 Å². The predicted octanol–water partition coefficient (Wildman–Crippen LogP) is 19.1. The Morgan fingerprint density at radius 1 is 0.587 bits per heavy atom. The summed E-state index contributed by atoms with van der Waals surface area (Å²) in [6.07, 6.45) is 14.4. The van der Waals surface area contributed by atoms with Gasteiger partial charge in [0.15, 0.2) is 0 Å². The Kier molecular flexibility index (Phi) is 13.9. The maximum atomic E-state index is 14.5. The van der Waals surface area contributed by atoms with Crippen molar-refractivity contribution in [1.29, 1.82) is 0 Å². The van der Waals surface area contributed by atoms with Gasteiger partial charge in [0, 0.05) is 66.9 Å². The first kappa shape index (κ1) is 50.7.